The average molecular weight is 264 g/mol. The fraction of sp³-hybridized carbons (Fsp3) is 0.385. The molecule has 96 valence electrons. The molecule has 2 aromatic rings. The number of hydrogen-bond donors (Lipinski definition) is 1. The van der Waals surface area contributed by atoms with Gasteiger partial charge >= 0.3 is 0 Å². The van der Waals surface area contributed by atoms with Gasteiger partial charge in [0.05, 0.1) is 11.3 Å². The van der Waals surface area contributed by atoms with Gasteiger partial charge in [0.2, 0.25) is 10.0 Å². The lowest BCUT2D eigenvalue weighted by Crippen LogP contribution is -2.27. The number of fused-ring (bicyclic) bond motifs is 3. The maximum Gasteiger partial charge on any atom is 0.238 e. The number of nitrogens with one attached hydrogen (secondary N) is 1. The van der Waals surface area contributed by atoms with Crippen molar-refractivity contribution in [1.29, 1.82) is 0 Å². The molecule has 0 atom stereocenters. The summed E-state index contributed by atoms with van der Waals surface area (Å²) < 4.78 is 26.1. The lowest BCUT2D eigenvalue weighted by Gasteiger charge is -2.16. The highest BCUT2D eigenvalue weighted by molar-refractivity contribution is 7.90. The number of rotatable bonds is 2. The molecule has 0 spiro atoms. The summed E-state index contributed by atoms with van der Waals surface area (Å²) in [7, 11) is -3.23. The second-order valence-electron chi connectivity index (χ2n) is 4.53. The number of nitrogens with zero attached hydrogens (tertiary/aromatic N) is 1. The Kier molecular flexibility index (Phi) is 2.68. The number of benzene rings is 1. The minimum Gasteiger partial charge on any atom is -0.312 e. The molecule has 0 saturated heterocycles. The van der Waals surface area contributed by atoms with Crippen molar-refractivity contribution in [3.05, 3.63) is 35.5 Å². The van der Waals surface area contributed by atoms with Gasteiger partial charge in [-0.05, 0) is 18.6 Å². The van der Waals surface area contributed by atoms with Gasteiger partial charge < -0.3 is 5.32 Å². The Balaban J connectivity index is 2.43. The molecule has 1 aliphatic rings. The van der Waals surface area contributed by atoms with Crippen LogP contribution in [0.2, 0.25) is 0 Å². The molecule has 3 rings (SSSR count). The zero-order chi connectivity index (χ0) is 12.8. The van der Waals surface area contributed by atoms with Crippen molar-refractivity contribution in [2.24, 2.45) is 0 Å². The lowest BCUT2D eigenvalue weighted by atomic mass is 10.1. The predicted octanol–water partition coefficient (Wildman–Crippen LogP) is 1.48. The summed E-state index contributed by atoms with van der Waals surface area (Å²) >= 11 is 0. The van der Waals surface area contributed by atoms with E-state index in [0.717, 1.165) is 41.7 Å². The summed E-state index contributed by atoms with van der Waals surface area (Å²) in [4.78, 5) is 0. The Bertz CT molecular complexity index is 701. The summed E-state index contributed by atoms with van der Waals surface area (Å²) in [5.74, 6) is 0.130. The van der Waals surface area contributed by atoms with Crippen LogP contribution >= 0.6 is 0 Å². The van der Waals surface area contributed by atoms with Crippen LogP contribution in [0.4, 0.5) is 0 Å². The smallest absolute Gasteiger partial charge is 0.238 e. The number of aromatic nitrogens is 1. The Morgan fingerprint density at radius 2 is 2.11 bits per heavy atom. The van der Waals surface area contributed by atoms with Crippen molar-refractivity contribution in [3.8, 4) is 0 Å². The van der Waals surface area contributed by atoms with Gasteiger partial charge in [-0.1, -0.05) is 18.2 Å². The van der Waals surface area contributed by atoms with Crippen molar-refractivity contribution in [3.63, 3.8) is 0 Å². The molecule has 0 bridgehead atoms. The van der Waals surface area contributed by atoms with Crippen molar-refractivity contribution in [2.75, 3.05) is 12.3 Å². The van der Waals surface area contributed by atoms with E-state index >= 15 is 0 Å². The maximum absolute atomic E-state index is 12.3. The molecule has 0 radical (unpaired) electrons. The first kappa shape index (κ1) is 11.7. The second-order valence-corrected chi connectivity index (χ2v) is 6.64. The summed E-state index contributed by atoms with van der Waals surface area (Å²) in [5.41, 5.74) is 2.90. The van der Waals surface area contributed by atoms with Gasteiger partial charge in [-0.15, -0.1) is 0 Å². The van der Waals surface area contributed by atoms with Crippen molar-refractivity contribution >= 4 is 20.9 Å². The van der Waals surface area contributed by atoms with Crippen molar-refractivity contribution < 1.29 is 8.42 Å². The first-order valence-corrected chi connectivity index (χ1v) is 7.81. The molecule has 0 amide bonds. The fourth-order valence-electron chi connectivity index (χ4n) is 2.65. The van der Waals surface area contributed by atoms with Crippen LogP contribution < -0.4 is 5.32 Å². The molecule has 2 heterocycles. The number of hydrogen-bond acceptors (Lipinski definition) is 3. The Hall–Kier alpha value is -1.33. The first-order chi connectivity index (χ1) is 8.65. The topological polar surface area (TPSA) is 51.1 Å². The molecule has 1 N–H and O–H groups in total. The van der Waals surface area contributed by atoms with Crippen LogP contribution in [0.1, 0.15) is 18.2 Å². The van der Waals surface area contributed by atoms with E-state index in [1.54, 1.807) is 10.9 Å². The van der Waals surface area contributed by atoms with Crippen LogP contribution in [-0.2, 0) is 23.0 Å². The highest BCUT2D eigenvalue weighted by Gasteiger charge is 2.25. The van der Waals surface area contributed by atoms with E-state index in [9.17, 15) is 8.42 Å². The molecule has 18 heavy (non-hydrogen) atoms. The molecule has 5 heteroatoms. The van der Waals surface area contributed by atoms with Gasteiger partial charge in [0.15, 0.2) is 0 Å². The zero-order valence-corrected chi connectivity index (χ0v) is 11.1. The molecule has 0 saturated carbocycles. The first-order valence-electron chi connectivity index (χ1n) is 6.20. The van der Waals surface area contributed by atoms with Crippen LogP contribution in [0, 0.1) is 0 Å². The van der Waals surface area contributed by atoms with Crippen molar-refractivity contribution in [1.82, 2.24) is 9.29 Å². The highest BCUT2D eigenvalue weighted by Crippen LogP contribution is 2.29. The average Bonchev–Trinajstić information content (AvgIpc) is 2.74. The standard InChI is InChI=1S/C13H16N2O2S/c1-2-18(16,17)15-12-6-4-3-5-10(12)11-9-14-8-7-13(11)15/h3-6,14H,2,7-9H2,1H3. The molecule has 1 aliphatic heterocycles. The van der Waals surface area contributed by atoms with Gasteiger partial charge in [-0.3, -0.25) is 0 Å². The monoisotopic (exact) mass is 264 g/mol. The van der Waals surface area contributed by atoms with Crippen LogP contribution in [0.3, 0.4) is 0 Å². The summed E-state index contributed by atoms with van der Waals surface area (Å²) in [6.07, 6.45) is 0.767. The van der Waals surface area contributed by atoms with E-state index in [-0.39, 0.29) is 5.75 Å². The second kappa shape index (κ2) is 4.10. The van der Waals surface area contributed by atoms with E-state index in [1.807, 2.05) is 24.3 Å². The maximum atomic E-state index is 12.3. The van der Waals surface area contributed by atoms with Crippen molar-refractivity contribution in [2.45, 2.75) is 19.9 Å². The van der Waals surface area contributed by atoms with Gasteiger partial charge in [-0.25, -0.2) is 12.4 Å². The molecule has 0 aliphatic carbocycles. The third-order valence-corrected chi connectivity index (χ3v) is 5.23. The molecule has 4 nitrogen and oxygen atoms in total. The van der Waals surface area contributed by atoms with E-state index in [0.29, 0.717) is 0 Å². The zero-order valence-electron chi connectivity index (χ0n) is 10.3. The third-order valence-electron chi connectivity index (χ3n) is 3.52. The molecule has 1 aromatic heterocycles. The normalized spacial score (nSPS) is 15.8. The molecule has 0 fully saturated rings. The van der Waals surface area contributed by atoms with E-state index in [1.165, 1.54) is 0 Å². The van der Waals surface area contributed by atoms with Crippen LogP contribution in [0.15, 0.2) is 24.3 Å². The molecule has 1 aromatic carbocycles. The van der Waals surface area contributed by atoms with Gasteiger partial charge in [0.25, 0.3) is 0 Å². The number of para-hydroxylation sites is 1. The largest absolute Gasteiger partial charge is 0.312 e. The molecule has 0 unspecified atom stereocenters. The minimum atomic E-state index is -3.23. The van der Waals surface area contributed by atoms with Gasteiger partial charge in [-0.2, -0.15) is 0 Å². The van der Waals surface area contributed by atoms with Crippen LogP contribution in [0.5, 0.6) is 0 Å². The van der Waals surface area contributed by atoms with Crippen LogP contribution in [-0.4, -0.2) is 24.7 Å². The predicted molar refractivity (Wildman–Crippen MR) is 72.2 cm³/mol. The third kappa shape index (κ3) is 1.58. The van der Waals surface area contributed by atoms with Gasteiger partial charge in [0.1, 0.15) is 0 Å². The van der Waals surface area contributed by atoms with E-state index in [2.05, 4.69) is 5.32 Å². The van der Waals surface area contributed by atoms with E-state index in [4.69, 9.17) is 0 Å². The fourth-order valence-corrected chi connectivity index (χ4v) is 3.90. The SMILES string of the molecule is CCS(=O)(=O)n1c2c(c3ccccc31)CNCC2. The Labute approximate surface area is 107 Å². The quantitative estimate of drug-likeness (QED) is 0.894. The molecular weight excluding hydrogens is 248 g/mol. The Morgan fingerprint density at radius 3 is 2.89 bits per heavy atom. The highest BCUT2D eigenvalue weighted by atomic mass is 32.2. The summed E-state index contributed by atoms with van der Waals surface area (Å²) in [6, 6.07) is 7.74. The minimum absolute atomic E-state index is 0.130. The Morgan fingerprint density at radius 1 is 1.33 bits per heavy atom. The van der Waals surface area contributed by atoms with E-state index < -0.39 is 10.0 Å². The van der Waals surface area contributed by atoms with Gasteiger partial charge in [0, 0.05) is 30.6 Å². The molecular formula is C13H16N2O2S. The van der Waals surface area contributed by atoms with Crippen LogP contribution in [0.25, 0.3) is 10.9 Å². The lowest BCUT2D eigenvalue weighted by molar-refractivity contribution is 0.581. The summed E-state index contributed by atoms with van der Waals surface area (Å²) in [6.45, 7) is 3.28. The summed E-state index contributed by atoms with van der Waals surface area (Å²) in [5, 5.41) is 4.36.